The second-order valence-corrected chi connectivity index (χ2v) is 4.22. The number of hydrogen-bond donors (Lipinski definition) is 0. The molecule has 0 unspecified atom stereocenters. The van der Waals surface area contributed by atoms with Crippen LogP contribution in [0.4, 0.5) is 8.78 Å². The van der Waals surface area contributed by atoms with Gasteiger partial charge in [-0.15, -0.1) is 0 Å². The van der Waals surface area contributed by atoms with E-state index in [2.05, 4.69) is 15.1 Å². The summed E-state index contributed by atoms with van der Waals surface area (Å²) < 4.78 is 31.1. The van der Waals surface area contributed by atoms with Gasteiger partial charge in [0, 0.05) is 11.3 Å². The van der Waals surface area contributed by atoms with Crippen LogP contribution >= 0.6 is 0 Å². The third-order valence-corrected chi connectivity index (χ3v) is 2.71. The molecule has 0 bridgehead atoms. The van der Waals surface area contributed by atoms with Gasteiger partial charge in [-0.2, -0.15) is 4.98 Å². The Morgan fingerprint density at radius 1 is 1.00 bits per heavy atom. The minimum atomic E-state index is -0.962. The minimum absolute atomic E-state index is 0.113. The van der Waals surface area contributed by atoms with Crippen LogP contribution < -0.4 is 0 Å². The average Bonchev–Trinajstić information content (AvgIpc) is 2.92. The molecule has 0 spiro atoms. The van der Waals surface area contributed by atoms with Crippen molar-refractivity contribution in [2.45, 2.75) is 6.92 Å². The van der Waals surface area contributed by atoms with Crippen molar-refractivity contribution in [1.29, 1.82) is 0 Å². The van der Waals surface area contributed by atoms with Gasteiger partial charge in [0.15, 0.2) is 11.6 Å². The summed E-state index contributed by atoms with van der Waals surface area (Å²) in [6.45, 7) is 1.85. The molecule has 2 heterocycles. The second-order valence-electron chi connectivity index (χ2n) is 4.22. The number of pyridine rings is 1. The monoisotopic (exact) mass is 273 g/mol. The number of rotatable bonds is 2. The molecule has 20 heavy (non-hydrogen) atoms. The zero-order valence-corrected chi connectivity index (χ0v) is 10.5. The number of nitrogens with zero attached hydrogens (tertiary/aromatic N) is 3. The number of aryl methyl sites for hydroxylation is 1. The zero-order chi connectivity index (χ0) is 14.1. The van der Waals surface area contributed by atoms with Crippen LogP contribution in [0.5, 0.6) is 0 Å². The van der Waals surface area contributed by atoms with E-state index in [1.54, 1.807) is 6.07 Å². The number of aromatic nitrogens is 3. The van der Waals surface area contributed by atoms with Crippen molar-refractivity contribution < 1.29 is 13.3 Å². The lowest BCUT2D eigenvalue weighted by Gasteiger charge is -1.96. The normalized spacial score (nSPS) is 10.8. The number of benzene rings is 1. The van der Waals surface area contributed by atoms with Gasteiger partial charge in [0.05, 0.1) is 0 Å². The third kappa shape index (κ3) is 2.27. The van der Waals surface area contributed by atoms with E-state index in [9.17, 15) is 8.78 Å². The molecule has 0 amide bonds. The Kier molecular flexibility index (Phi) is 2.98. The predicted molar refractivity (Wildman–Crippen MR) is 67.6 cm³/mol. The molecule has 3 rings (SSSR count). The van der Waals surface area contributed by atoms with Crippen molar-refractivity contribution in [3.63, 3.8) is 0 Å². The van der Waals surface area contributed by atoms with Gasteiger partial charge in [0.1, 0.15) is 5.69 Å². The Hall–Kier alpha value is -2.63. The van der Waals surface area contributed by atoms with E-state index in [0.29, 0.717) is 17.1 Å². The van der Waals surface area contributed by atoms with Crippen LogP contribution in [0.3, 0.4) is 0 Å². The van der Waals surface area contributed by atoms with Crippen LogP contribution in [0.1, 0.15) is 5.69 Å². The molecule has 0 N–H and O–H groups in total. The summed E-state index contributed by atoms with van der Waals surface area (Å²) in [6, 6.07) is 8.81. The molecular formula is C14H9F2N3O. The largest absolute Gasteiger partial charge is 0.334 e. The van der Waals surface area contributed by atoms with Crippen molar-refractivity contribution in [3.05, 3.63) is 53.7 Å². The summed E-state index contributed by atoms with van der Waals surface area (Å²) in [5.74, 6) is -1.47. The number of halogens is 2. The second kappa shape index (κ2) is 4.80. The highest BCUT2D eigenvalue weighted by atomic mass is 19.2. The van der Waals surface area contributed by atoms with Crippen LogP contribution in [0, 0.1) is 18.6 Å². The van der Waals surface area contributed by atoms with E-state index in [-0.39, 0.29) is 5.89 Å². The van der Waals surface area contributed by atoms with Crippen LogP contribution in [0.15, 0.2) is 40.9 Å². The molecule has 0 aliphatic rings. The Balaban J connectivity index is 1.99. The maximum atomic E-state index is 13.2. The van der Waals surface area contributed by atoms with Gasteiger partial charge in [0.25, 0.3) is 5.89 Å². The highest BCUT2D eigenvalue weighted by Gasteiger charge is 2.13. The molecule has 0 saturated heterocycles. The van der Waals surface area contributed by atoms with E-state index in [1.807, 2.05) is 19.1 Å². The zero-order valence-electron chi connectivity index (χ0n) is 10.5. The summed E-state index contributed by atoms with van der Waals surface area (Å²) in [7, 11) is 0. The van der Waals surface area contributed by atoms with E-state index in [4.69, 9.17) is 4.52 Å². The van der Waals surface area contributed by atoms with Gasteiger partial charge >= 0.3 is 0 Å². The molecule has 0 radical (unpaired) electrons. The lowest BCUT2D eigenvalue weighted by Crippen LogP contribution is -1.88. The Bertz CT molecular complexity index is 771. The minimum Gasteiger partial charge on any atom is -0.334 e. The maximum absolute atomic E-state index is 13.2. The molecule has 0 aliphatic heterocycles. The van der Waals surface area contributed by atoms with E-state index in [0.717, 1.165) is 17.8 Å². The first-order valence-electron chi connectivity index (χ1n) is 5.86. The Morgan fingerprint density at radius 2 is 1.85 bits per heavy atom. The molecule has 0 atom stereocenters. The topological polar surface area (TPSA) is 51.8 Å². The fourth-order valence-electron chi connectivity index (χ4n) is 1.74. The molecule has 6 heteroatoms. The molecule has 0 fully saturated rings. The molecule has 2 aromatic heterocycles. The van der Waals surface area contributed by atoms with Gasteiger partial charge in [0.2, 0.25) is 5.82 Å². The highest BCUT2D eigenvalue weighted by molar-refractivity contribution is 5.57. The van der Waals surface area contributed by atoms with Gasteiger partial charge in [-0.1, -0.05) is 11.2 Å². The lowest BCUT2D eigenvalue weighted by molar-refractivity contribution is 0.431. The van der Waals surface area contributed by atoms with Crippen molar-refractivity contribution in [3.8, 4) is 23.0 Å². The molecule has 1 aromatic carbocycles. The average molecular weight is 273 g/mol. The predicted octanol–water partition coefficient (Wildman–Crippen LogP) is 3.39. The quantitative estimate of drug-likeness (QED) is 0.718. The van der Waals surface area contributed by atoms with Gasteiger partial charge in [-0.3, -0.25) is 0 Å². The van der Waals surface area contributed by atoms with Crippen LogP contribution in [0.2, 0.25) is 0 Å². The number of hydrogen-bond acceptors (Lipinski definition) is 4. The van der Waals surface area contributed by atoms with Gasteiger partial charge < -0.3 is 4.52 Å². The summed E-state index contributed by atoms with van der Waals surface area (Å²) >= 11 is 0. The first-order chi connectivity index (χ1) is 9.63. The van der Waals surface area contributed by atoms with Crippen LogP contribution in [-0.2, 0) is 0 Å². The Labute approximate surface area is 113 Å². The highest BCUT2D eigenvalue weighted by Crippen LogP contribution is 2.22. The first kappa shape index (κ1) is 12.4. The fourth-order valence-corrected chi connectivity index (χ4v) is 1.74. The van der Waals surface area contributed by atoms with Gasteiger partial charge in [-0.05, 0) is 37.3 Å². The summed E-state index contributed by atoms with van der Waals surface area (Å²) in [5, 5.41) is 3.79. The third-order valence-electron chi connectivity index (χ3n) is 2.71. The fraction of sp³-hybridized carbons (Fsp3) is 0.0714. The van der Waals surface area contributed by atoms with Gasteiger partial charge in [-0.25, -0.2) is 13.8 Å². The SMILES string of the molecule is Cc1cccc(-c2noc(-c3ccc(F)c(F)c3)n2)n1. The van der Waals surface area contributed by atoms with Crippen LogP contribution in [0.25, 0.3) is 23.0 Å². The van der Waals surface area contributed by atoms with E-state index < -0.39 is 11.6 Å². The maximum Gasteiger partial charge on any atom is 0.258 e. The molecule has 4 nitrogen and oxygen atoms in total. The van der Waals surface area contributed by atoms with E-state index >= 15 is 0 Å². The summed E-state index contributed by atoms with van der Waals surface area (Å²) in [4.78, 5) is 8.40. The van der Waals surface area contributed by atoms with Crippen LogP contribution in [-0.4, -0.2) is 15.1 Å². The first-order valence-corrected chi connectivity index (χ1v) is 5.86. The summed E-state index contributed by atoms with van der Waals surface area (Å²) in [6.07, 6.45) is 0. The van der Waals surface area contributed by atoms with Crippen molar-refractivity contribution in [1.82, 2.24) is 15.1 Å². The molecule has 3 aromatic rings. The van der Waals surface area contributed by atoms with E-state index in [1.165, 1.54) is 6.07 Å². The smallest absolute Gasteiger partial charge is 0.258 e. The molecular weight excluding hydrogens is 264 g/mol. The van der Waals surface area contributed by atoms with Crippen molar-refractivity contribution in [2.24, 2.45) is 0 Å². The molecule has 0 aliphatic carbocycles. The standard InChI is InChI=1S/C14H9F2N3O/c1-8-3-2-4-12(17-8)13-18-14(20-19-13)9-5-6-10(15)11(16)7-9/h2-7H,1H3. The van der Waals surface area contributed by atoms with Crippen molar-refractivity contribution in [2.75, 3.05) is 0 Å². The molecule has 0 saturated carbocycles. The lowest BCUT2D eigenvalue weighted by atomic mass is 10.2. The Morgan fingerprint density at radius 3 is 2.60 bits per heavy atom. The molecule has 100 valence electrons. The van der Waals surface area contributed by atoms with Crippen molar-refractivity contribution >= 4 is 0 Å². The summed E-state index contributed by atoms with van der Waals surface area (Å²) in [5.41, 5.74) is 1.69.